The largest absolute Gasteiger partial charge is 0.380 e. The summed E-state index contributed by atoms with van der Waals surface area (Å²) in [6, 6.07) is 5.59. The number of aromatic nitrogens is 1. The molecule has 0 unspecified atom stereocenters. The van der Waals surface area contributed by atoms with Crippen molar-refractivity contribution in [1.82, 2.24) is 5.16 Å². The summed E-state index contributed by atoms with van der Waals surface area (Å²) in [5.41, 5.74) is 0.504. The summed E-state index contributed by atoms with van der Waals surface area (Å²) in [5, 5.41) is 19.8. The fraction of sp³-hybridized carbons (Fsp3) is 0.167. The number of hydrogen-bond donors (Lipinski definition) is 2. The molecule has 0 saturated heterocycles. The summed E-state index contributed by atoms with van der Waals surface area (Å²) in [5.74, 6) is -0.147. The molecule has 8 nitrogen and oxygen atoms in total. The number of benzene rings is 1. The number of anilines is 2. The van der Waals surface area contributed by atoms with Gasteiger partial charge in [0.25, 0.3) is 11.6 Å². The second-order valence-corrected chi connectivity index (χ2v) is 3.86. The van der Waals surface area contributed by atoms with Gasteiger partial charge >= 0.3 is 0 Å². The lowest BCUT2D eigenvalue weighted by molar-refractivity contribution is -0.384. The van der Waals surface area contributed by atoms with Crippen LogP contribution in [0.15, 0.2) is 35.1 Å². The maximum Gasteiger partial charge on any atom is 0.292 e. The topological polar surface area (TPSA) is 110 Å². The molecule has 1 amide bonds. The van der Waals surface area contributed by atoms with E-state index < -0.39 is 10.8 Å². The highest BCUT2D eigenvalue weighted by Gasteiger charge is 2.16. The predicted octanol–water partition coefficient (Wildman–Crippen LogP) is 2.27. The lowest BCUT2D eigenvalue weighted by Crippen LogP contribution is -2.13. The molecule has 0 aliphatic carbocycles. The Morgan fingerprint density at radius 1 is 1.45 bits per heavy atom. The zero-order valence-electron chi connectivity index (χ0n) is 10.6. The molecule has 1 heterocycles. The van der Waals surface area contributed by atoms with Gasteiger partial charge in [-0.3, -0.25) is 14.9 Å². The van der Waals surface area contributed by atoms with Gasteiger partial charge in [0, 0.05) is 24.2 Å². The molecule has 20 heavy (non-hydrogen) atoms. The maximum absolute atomic E-state index is 12.0. The maximum atomic E-state index is 12.0. The van der Waals surface area contributed by atoms with Crippen LogP contribution < -0.4 is 10.6 Å². The second-order valence-electron chi connectivity index (χ2n) is 3.86. The van der Waals surface area contributed by atoms with Crippen LogP contribution in [0.1, 0.15) is 17.3 Å². The highest BCUT2D eigenvalue weighted by molar-refractivity contribution is 6.04. The minimum Gasteiger partial charge on any atom is -0.380 e. The Morgan fingerprint density at radius 3 is 2.85 bits per heavy atom. The van der Waals surface area contributed by atoms with Crippen molar-refractivity contribution in [3.05, 3.63) is 46.2 Å². The van der Waals surface area contributed by atoms with E-state index in [1.54, 1.807) is 0 Å². The van der Waals surface area contributed by atoms with E-state index >= 15 is 0 Å². The van der Waals surface area contributed by atoms with Crippen LogP contribution in [-0.4, -0.2) is 22.5 Å². The molecule has 1 aromatic heterocycles. The third-order valence-corrected chi connectivity index (χ3v) is 2.50. The molecule has 0 bridgehead atoms. The van der Waals surface area contributed by atoms with Crippen LogP contribution in [0, 0.1) is 10.1 Å². The zero-order chi connectivity index (χ0) is 14.5. The minimum atomic E-state index is -0.503. The van der Waals surface area contributed by atoms with Gasteiger partial charge in [-0.2, -0.15) is 0 Å². The van der Waals surface area contributed by atoms with E-state index in [1.165, 1.54) is 30.5 Å². The molecule has 2 aromatic rings. The van der Waals surface area contributed by atoms with Crippen LogP contribution in [0.3, 0.4) is 0 Å². The average Bonchev–Trinajstić information content (AvgIpc) is 2.91. The number of nitro groups is 1. The van der Waals surface area contributed by atoms with Crippen molar-refractivity contribution in [3.63, 3.8) is 0 Å². The predicted molar refractivity (Wildman–Crippen MR) is 71.7 cm³/mol. The molecule has 0 fully saturated rings. The summed E-state index contributed by atoms with van der Waals surface area (Å²) >= 11 is 0. The first-order valence-electron chi connectivity index (χ1n) is 5.86. The van der Waals surface area contributed by atoms with Gasteiger partial charge in [0.1, 0.15) is 12.0 Å². The first kappa shape index (κ1) is 13.5. The van der Waals surface area contributed by atoms with Gasteiger partial charge in [-0.1, -0.05) is 5.16 Å². The molecule has 8 heteroatoms. The van der Waals surface area contributed by atoms with Crippen LogP contribution in [0.2, 0.25) is 0 Å². The van der Waals surface area contributed by atoms with Crippen molar-refractivity contribution in [3.8, 4) is 0 Å². The van der Waals surface area contributed by atoms with E-state index in [0.29, 0.717) is 12.2 Å². The van der Waals surface area contributed by atoms with Crippen LogP contribution in [-0.2, 0) is 0 Å². The first-order chi connectivity index (χ1) is 9.61. The third-order valence-electron chi connectivity index (χ3n) is 2.50. The molecule has 1 aromatic carbocycles. The van der Waals surface area contributed by atoms with Crippen molar-refractivity contribution < 1.29 is 14.2 Å². The SMILES string of the molecule is CCNc1cc(C(=O)Nc2ccon2)ccc1[N+](=O)[O-]. The number of nitrogens with one attached hydrogen (secondary N) is 2. The third kappa shape index (κ3) is 2.91. The summed E-state index contributed by atoms with van der Waals surface area (Å²) in [6.07, 6.45) is 1.33. The molecule has 0 atom stereocenters. The Labute approximate surface area is 113 Å². The molecule has 2 rings (SSSR count). The van der Waals surface area contributed by atoms with Crippen LogP contribution in [0.25, 0.3) is 0 Å². The Hall–Kier alpha value is -2.90. The lowest BCUT2D eigenvalue weighted by Gasteiger charge is -2.07. The van der Waals surface area contributed by atoms with E-state index in [2.05, 4.69) is 20.3 Å². The highest BCUT2D eigenvalue weighted by Crippen LogP contribution is 2.25. The molecule has 0 aliphatic rings. The van der Waals surface area contributed by atoms with Crippen molar-refractivity contribution >= 4 is 23.1 Å². The van der Waals surface area contributed by atoms with Crippen LogP contribution >= 0.6 is 0 Å². The monoisotopic (exact) mass is 276 g/mol. The molecular formula is C12H12N4O4. The van der Waals surface area contributed by atoms with E-state index in [9.17, 15) is 14.9 Å². The van der Waals surface area contributed by atoms with Gasteiger partial charge in [0.05, 0.1) is 4.92 Å². The molecule has 104 valence electrons. The van der Waals surface area contributed by atoms with Gasteiger partial charge in [0.15, 0.2) is 5.82 Å². The number of amides is 1. The minimum absolute atomic E-state index is 0.0789. The molecule has 0 aliphatic heterocycles. The van der Waals surface area contributed by atoms with Crippen LogP contribution in [0.5, 0.6) is 0 Å². The molecule has 2 N–H and O–H groups in total. The van der Waals surface area contributed by atoms with Gasteiger partial charge in [-0.15, -0.1) is 0 Å². The summed E-state index contributed by atoms with van der Waals surface area (Å²) in [7, 11) is 0. The summed E-state index contributed by atoms with van der Waals surface area (Å²) < 4.78 is 4.60. The molecular weight excluding hydrogens is 264 g/mol. The fourth-order valence-corrected chi connectivity index (χ4v) is 1.63. The Balaban J connectivity index is 2.26. The Morgan fingerprint density at radius 2 is 2.25 bits per heavy atom. The Bertz CT molecular complexity index is 624. The van der Waals surface area contributed by atoms with Crippen LogP contribution in [0.4, 0.5) is 17.2 Å². The second kappa shape index (κ2) is 5.83. The van der Waals surface area contributed by atoms with E-state index in [-0.39, 0.29) is 17.1 Å². The number of carbonyl (C=O) groups excluding carboxylic acids is 1. The smallest absolute Gasteiger partial charge is 0.292 e. The van der Waals surface area contributed by atoms with Gasteiger partial charge in [0.2, 0.25) is 0 Å². The van der Waals surface area contributed by atoms with Gasteiger partial charge in [-0.05, 0) is 19.1 Å². The first-order valence-corrected chi connectivity index (χ1v) is 5.86. The summed E-state index contributed by atoms with van der Waals surface area (Å²) in [6.45, 7) is 2.32. The molecule has 0 spiro atoms. The van der Waals surface area contributed by atoms with Crippen molar-refractivity contribution in [2.75, 3.05) is 17.2 Å². The summed E-state index contributed by atoms with van der Waals surface area (Å²) in [4.78, 5) is 22.3. The molecule has 0 radical (unpaired) electrons. The van der Waals surface area contributed by atoms with E-state index in [1.807, 2.05) is 6.92 Å². The normalized spacial score (nSPS) is 10.1. The number of nitrogens with zero attached hydrogens (tertiary/aromatic N) is 2. The fourth-order valence-electron chi connectivity index (χ4n) is 1.63. The van der Waals surface area contributed by atoms with Crippen molar-refractivity contribution in [1.29, 1.82) is 0 Å². The number of carbonyl (C=O) groups is 1. The van der Waals surface area contributed by atoms with Gasteiger partial charge in [-0.25, -0.2) is 0 Å². The van der Waals surface area contributed by atoms with E-state index in [0.717, 1.165) is 0 Å². The number of nitro benzene ring substituents is 1. The number of hydrogen-bond acceptors (Lipinski definition) is 6. The Kier molecular flexibility index (Phi) is 3.94. The molecule has 0 saturated carbocycles. The standard InChI is InChI=1S/C12H12N4O4/c1-2-13-9-7-8(3-4-10(9)16(18)19)12(17)14-11-5-6-20-15-11/h3-7,13H,2H2,1H3,(H,14,15,17). The van der Waals surface area contributed by atoms with Crippen molar-refractivity contribution in [2.24, 2.45) is 0 Å². The lowest BCUT2D eigenvalue weighted by atomic mass is 10.1. The van der Waals surface area contributed by atoms with Gasteiger partial charge < -0.3 is 15.2 Å². The highest BCUT2D eigenvalue weighted by atomic mass is 16.6. The quantitative estimate of drug-likeness (QED) is 0.640. The van der Waals surface area contributed by atoms with Crippen molar-refractivity contribution in [2.45, 2.75) is 6.92 Å². The zero-order valence-corrected chi connectivity index (χ0v) is 10.6. The number of rotatable bonds is 5. The van der Waals surface area contributed by atoms with E-state index in [4.69, 9.17) is 0 Å². The average molecular weight is 276 g/mol.